The third kappa shape index (κ3) is 2.96. The molecule has 1 aromatic carbocycles. The number of aromatic nitrogens is 2. The van der Waals surface area contributed by atoms with Gasteiger partial charge < -0.3 is 4.98 Å². The summed E-state index contributed by atoms with van der Waals surface area (Å²) in [7, 11) is 0. The molecule has 0 atom stereocenters. The van der Waals surface area contributed by atoms with Gasteiger partial charge in [-0.05, 0) is 43.2 Å². The van der Waals surface area contributed by atoms with Crippen LogP contribution in [0.4, 0.5) is 0 Å². The van der Waals surface area contributed by atoms with E-state index in [1.165, 1.54) is 11.3 Å². The molecule has 0 unspecified atom stereocenters. The Labute approximate surface area is 152 Å². The van der Waals surface area contributed by atoms with Crippen LogP contribution in [0.3, 0.4) is 0 Å². The minimum absolute atomic E-state index is 0.238. The van der Waals surface area contributed by atoms with Crippen LogP contribution < -0.4 is 5.56 Å². The molecule has 7 heteroatoms. The van der Waals surface area contributed by atoms with Crippen molar-refractivity contribution in [1.29, 1.82) is 5.26 Å². The van der Waals surface area contributed by atoms with Crippen LogP contribution in [-0.2, 0) is 0 Å². The van der Waals surface area contributed by atoms with E-state index < -0.39 is 0 Å². The van der Waals surface area contributed by atoms with Crippen LogP contribution in [0.1, 0.15) is 21.8 Å². The molecule has 1 N–H and O–H groups in total. The maximum absolute atomic E-state index is 12.3. The monoisotopic (exact) mass is 375 g/mol. The topological polar surface area (TPSA) is 69.5 Å². The van der Waals surface area contributed by atoms with Crippen LogP contribution in [0.5, 0.6) is 0 Å². The highest BCUT2D eigenvalue weighted by atomic mass is 35.5. The molecule has 0 fully saturated rings. The zero-order valence-electron chi connectivity index (χ0n) is 12.8. The first-order chi connectivity index (χ1) is 11.4. The van der Waals surface area contributed by atoms with Gasteiger partial charge in [0.15, 0.2) is 5.82 Å². The van der Waals surface area contributed by atoms with E-state index in [1.54, 1.807) is 24.3 Å². The Balaban J connectivity index is 2.16. The van der Waals surface area contributed by atoms with Crippen LogP contribution in [0, 0.1) is 25.2 Å². The fourth-order valence-corrected chi connectivity index (χ4v) is 3.64. The van der Waals surface area contributed by atoms with Crippen molar-refractivity contribution in [2.75, 3.05) is 0 Å². The van der Waals surface area contributed by atoms with Crippen molar-refractivity contribution in [3.8, 4) is 6.07 Å². The van der Waals surface area contributed by atoms with Gasteiger partial charge in [-0.25, -0.2) is 4.98 Å². The van der Waals surface area contributed by atoms with Gasteiger partial charge in [-0.3, -0.25) is 4.79 Å². The number of allylic oxidation sites excluding steroid dienone is 1. The Bertz CT molecular complexity index is 1090. The zero-order valence-corrected chi connectivity index (χ0v) is 15.1. The average Bonchev–Trinajstić information content (AvgIpc) is 2.83. The second kappa shape index (κ2) is 6.40. The highest BCUT2D eigenvalue weighted by molar-refractivity contribution is 7.18. The normalized spacial score (nSPS) is 11.7. The lowest BCUT2D eigenvalue weighted by Crippen LogP contribution is -2.10. The molecule has 0 amide bonds. The van der Waals surface area contributed by atoms with Crippen molar-refractivity contribution in [3.05, 3.63) is 60.4 Å². The summed E-state index contributed by atoms with van der Waals surface area (Å²) >= 11 is 13.3. The van der Waals surface area contributed by atoms with E-state index in [4.69, 9.17) is 23.2 Å². The minimum Gasteiger partial charge on any atom is -0.305 e. The molecule has 0 aliphatic rings. The number of H-pyrrole nitrogens is 1. The number of fused-ring (bicyclic) bond motifs is 1. The molecule has 24 heavy (non-hydrogen) atoms. The molecule has 3 rings (SSSR count). The van der Waals surface area contributed by atoms with E-state index in [-0.39, 0.29) is 17.0 Å². The summed E-state index contributed by atoms with van der Waals surface area (Å²) in [6.45, 7) is 3.83. The lowest BCUT2D eigenvalue weighted by molar-refractivity contribution is 1.13. The number of thiophene rings is 1. The van der Waals surface area contributed by atoms with Crippen molar-refractivity contribution in [3.63, 3.8) is 0 Å². The highest BCUT2D eigenvalue weighted by Crippen LogP contribution is 2.28. The van der Waals surface area contributed by atoms with Crippen molar-refractivity contribution in [2.45, 2.75) is 13.8 Å². The van der Waals surface area contributed by atoms with E-state index in [0.29, 0.717) is 25.8 Å². The van der Waals surface area contributed by atoms with Gasteiger partial charge in [-0.1, -0.05) is 29.3 Å². The molecule has 0 bridgehead atoms. The Hall–Kier alpha value is -2.13. The molecule has 0 spiro atoms. The van der Waals surface area contributed by atoms with Gasteiger partial charge in [0.25, 0.3) is 5.56 Å². The van der Waals surface area contributed by atoms with Crippen LogP contribution in [0.15, 0.2) is 23.0 Å². The number of rotatable bonds is 2. The maximum Gasteiger partial charge on any atom is 0.260 e. The number of nitriles is 1. The molecular formula is C17H11Cl2N3OS. The molecule has 2 heterocycles. The number of nitrogens with zero attached hydrogens (tertiary/aromatic N) is 2. The van der Waals surface area contributed by atoms with Crippen molar-refractivity contribution in [2.24, 2.45) is 0 Å². The van der Waals surface area contributed by atoms with Gasteiger partial charge in [-0.2, -0.15) is 5.26 Å². The van der Waals surface area contributed by atoms with Crippen LogP contribution in [0.2, 0.25) is 10.0 Å². The van der Waals surface area contributed by atoms with Crippen molar-refractivity contribution >= 4 is 56.4 Å². The average molecular weight is 376 g/mol. The van der Waals surface area contributed by atoms with Gasteiger partial charge >= 0.3 is 0 Å². The fourth-order valence-electron chi connectivity index (χ4n) is 2.30. The first-order valence-electron chi connectivity index (χ1n) is 6.98. The quantitative estimate of drug-likeness (QED) is 0.642. The van der Waals surface area contributed by atoms with Crippen molar-refractivity contribution < 1.29 is 0 Å². The summed E-state index contributed by atoms with van der Waals surface area (Å²) in [6.07, 6.45) is 1.61. The SMILES string of the molecule is Cc1sc2nc(/C(C#N)=C/c3ccc(Cl)c(Cl)c3)[nH]c(=O)c2c1C. The number of benzene rings is 1. The van der Waals surface area contributed by atoms with E-state index in [1.807, 2.05) is 13.8 Å². The molecule has 0 saturated carbocycles. The molecule has 0 saturated heterocycles. The van der Waals surface area contributed by atoms with Gasteiger partial charge in [0.1, 0.15) is 10.9 Å². The molecule has 0 aliphatic heterocycles. The smallest absolute Gasteiger partial charge is 0.260 e. The Morgan fingerprint density at radius 3 is 2.75 bits per heavy atom. The van der Waals surface area contributed by atoms with Gasteiger partial charge in [0, 0.05) is 4.88 Å². The number of halogens is 2. The van der Waals surface area contributed by atoms with Gasteiger partial charge in [-0.15, -0.1) is 11.3 Å². The van der Waals surface area contributed by atoms with Crippen LogP contribution >= 0.6 is 34.5 Å². The third-order valence-corrected chi connectivity index (χ3v) is 5.51. The van der Waals surface area contributed by atoms with E-state index in [2.05, 4.69) is 16.0 Å². The van der Waals surface area contributed by atoms with E-state index in [0.717, 1.165) is 10.4 Å². The molecule has 3 aromatic rings. The number of nitrogens with one attached hydrogen (secondary N) is 1. The molecule has 0 aliphatic carbocycles. The summed E-state index contributed by atoms with van der Waals surface area (Å²) < 4.78 is 0. The number of hydrogen-bond acceptors (Lipinski definition) is 4. The second-order valence-corrected chi connectivity index (χ2v) is 7.24. The van der Waals surface area contributed by atoms with E-state index in [9.17, 15) is 10.1 Å². The van der Waals surface area contributed by atoms with Crippen molar-refractivity contribution in [1.82, 2.24) is 9.97 Å². The van der Waals surface area contributed by atoms with Crippen LogP contribution in [-0.4, -0.2) is 9.97 Å². The second-order valence-electron chi connectivity index (χ2n) is 5.22. The maximum atomic E-state index is 12.3. The summed E-state index contributed by atoms with van der Waals surface area (Å²) in [4.78, 5) is 21.1. The lowest BCUT2D eigenvalue weighted by atomic mass is 10.1. The highest BCUT2D eigenvalue weighted by Gasteiger charge is 2.14. The predicted octanol–water partition coefficient (Wildman–Crippen LogP) is 4.97. The summed E-state index contributed by atoms with van der Waals surface area (Å²) in [5.41, 5.74) is 1.62. The number of aryl methyl sites for hydroxylation is 2. The van der Waals surface area contributed by atoms with E-state index >= 15 is 0 Å². The first-order valence-corrected chi connectivity index (χ1v) is 8.55. The van der Waals surface area contributed by atoms with Gasteiger partial charge in [0.2, 0.25) is 0 Å². The summed E-state index contributed by atoms with van der Waals surface area (Å²) in [5.74, 6) is 0.238. The molecular weight excluding hydrogens is 365 g/mol. The third-order valence-electron chi connectivity index (χ3n) is 3.67. The molecule has 120 valence electrons. The number of aromatic amines is 1. The molecule has 0 radical (unpaired) electrons. The predicted molar refractivity (Wildman–Crippen MR) is 99.7 cm³/mol. The lowest BCUT2D eigenvalue weighted by Gasteiger charge is -2.01. The largest absolute Gasteiger partial charge is 0.305 e. The molecule has 4 nitrogen and oxygen atoms in total. The Morgan fingerprint density at radius 1 is 1.33 bits per heavy atom. The minimum atomic E-state index is -0.243. The fraction of sp³-hybridized carbons (Fsp3) is 0.118. The number of hydrogen-bond donors (Lipinski definition) is 1. The Morgan fingerprint density at radius 2 is 2.08 bits per heavy atom. The summed E-state index contributed by atoms with van der Waals surface area (Å²) in [5, 5.41) is 10.9. The van der Waals surface area contributed by atoms with Crippen LogP contribution in [0.25, 0.3) is 21.9 Å². The zero-order chi connectivity index (χ0) is 17.4. The standard InChI is InChI=1S/C17H11Cl2N3OS/c1-8-9(2)24-17-14(8)16(23)21-15(22-17)11(7-20)5-10-3-4-12(18)13(19)6-10/h3-6H,1-2H3,(H,21,22,23)/b11-5+. The first kappa shape index (κ1) is 16.7. The van der Waals surface area contributed by atoms with Gasteiger partial charge in [0.05, 0.1) is 21.0 Å². The summed E-state index contributed by atoms with van der Waals surface area (Å²) in [6, 6.07) is 7.11. The Kier molecular flexibility index (Phi) is 4.46. The molecule has 2 aromatic heterocycles.